The Hall–Kier alpha value is -2.82. The molecule has 5 nitrogen and oxygen atoms in total. The van der Waals surface area contributed by atoms with Gasteiger partial charge in [-0.2, -0.15) is 0 Å². The van der Waals surface area contributed by atoms with E-state index in [1.54, 1.807) is 38.4 Å². The first-order chi connectivity index (χ1) is 12.4. The van der Waals surface area contributed by atoms with Gasteiger partial charge in [-0.3, -0.25) is 9.59 Å². The van der Waals surface area contributed by atoms with Crippen molar-refractivity contribution < 1.29 is 14.3 Å². The Bertz CT molecular complexity index is 737. The zero-order chi connectivity index (χ0) is 19.1. The van der Waals surface area contributed by atoms with Crippen LogP contribution in [0.4, 0.5) is 5.69 Å². The molecule has 2 amide bonds. The van der Waals surface area contributed by atoms with Crippen LogP contribution in [0.2, 0.25) is 0 Å². The molecule has 0 heterocycles. The third-order valence-corrected chi connectivity index (χ3v) is 4.25. The summed E-state index contributed by atoms with van der Waals surface area (Å²) < 4.78 is 5.48. The number of carbonyl (C=O) groups excluding carboxylic acids is 2. The fourth-order valence-corrected chi connectivity index (χ4v) is 2.43. The van der Waals surface area contributed by atoms with Gasteiger partial charge >= 0.3 is 0 Å². The SMILES string of the molecule is CCC(C)c1ccc(NC(=O)COc2ccc(C(=O)N(C)C)cc2)cc1. The summed E-state index contributed by atoms with van der Waals surface area (Å²) in [6.45, 7) is 4.24. The van der Waals surface area contributed by atoms with Crippen LogP contribution >= 0.6 is 0 Å². The van der Waals surface area contributed by atoms with Crippen LogP contribution in [-0.2, 0) is 4.79 Å². The molecule has 138 valence electrons. The van der Waals surface area contributed by atoms with Crippen molar-refractivity contribution >= 4 is 17.5 Å². The van der Waals surface area contributed by atoms with Gasteiger partial charge < -0.3 is 15.0 Å². The fraction of sp³-hybridized carbons (Fsp3) is 0.333. The van der Waals surface area contributed by atoms with Gasteiger partial charge in [-0.05, 0) is 54.3 Å². The topological polar surface area (TPSA) is 58.6 Å². The first-order valence-corrected chi connectivity index (χ1v) is 8.75. The van der Waals surface area contributed by atoms with E-state index in [1.165, 1.54) is 10.5 Å². The highest BCUT2D eigenvalue weighted by Crippen LogP contribution is 2.20. The summed E-state index contributed by atoms with van der Waals surface area (Å²) in [5.74, 6) is 0.748. The normalized spacial score (nSPS) is 11.5. The molecule has 5 heteroatoms. The van der Waals surface area contributed by atoms with E-state index in [4.69, 9.17) is 4.74 Å². The summed E-state index contributed by atoms with van der Waals surface area (Å²) in [6.07, 6.45) is 1.08. The summed E-state index contributed by atoms with van der Waals surface area (Å²) >= 11 is 0. The molecule has 2 aromatic carbocycles. The lowest BCUT2D eigenvalue weighted by Gasteiger charge is -2.12. The van der Waals surface area contributed by atoms with Crippen molar-refractivity contribution in [2.24, 2.45) is 0 Å². The van der Waals surface area contributed by atoms with Gasteiger partial charge in [0.2, 0.25) is 0 Å². The van der Waals surface area contributed by atoms with Crippen LogP contribution in [-0.4, -0.2) is 37.4 Å². The highest BCUT2D eigenvalue weighted by atomic mass is 16.5. The predicted molar refractivity (Wildman–Crippen MR) is 104 cm³/mol. The number of rotatable bonds is 7. The van der Waals surface area contributed by atoms with Gasteiger partial charge in [-0.15, -0.1) is 0 Å². The highest BCUT2D eigenvalue weighted by Gasteiger charge is 2.09. The molecule has 1 N–H and O–H groups in total. The average Bonchev–Trinajstić information content (AvgIpc) is 2.66. The van der Waals surface area contributed by atoms with Gasteiger partial charge in [0.05, 0.1) is 0 Å². The van der Waals surface area contributed by atoms with Crippen molar-refractivity contribution in [2.75, 3.05) is 26.0 Å². The molecule has 1 unspecified atom stereocenters. The van der Waals surface area contributed by atoms with Gasteiger partial charge in [0, 0.05) is 25.3 Å². The Balaban J connectivity index is 1.86. The molecule has 1 atom stereocenters. The van der Waals surface area contributed by atoms with Crippen molar-refractivity contribution in [1.29, 1.82) is 0 Å². The van der Waals surface area contributed by atoms with Crippen LogP contribution in [0, 0.1) is 0 Å². The van der Waals surface area contributed by atoms with Crippen molar-refractivity contribution in [3.8, 4) is 5.75 Å². The van der Waals surface area contributed by atoms with E-state index >= 15 is 0 Å². The molecule has 0 aromatic heterocycles. The molecule has 0 aliphatic rings. The maximum absolute atomic E-state index is 12.0. The lowest BCUT2D eigenvalue weighted by atomic mass is 9.99. The molecule has 2 rings (SSSR count). The predicted octanol–water partition coefficient (Wildman–Crippen LogP) is 3.92. The van der Waals surface area contributed by atoms with Crippen molar-refractivity contribution in [3.63, 3.8) is 0 Å². The number of hydrogen-bond acceptors (Lipinski definition) is 3. The summed E-state index contributed by atoms with van der Waals surface area (Å²) in [5, 5.41) is 2.82. The standard InChI is InChI=1S/C21H26N2O3/c1-5-15(2)16-6-10-18(11-7-16)22-20(24)14-26-19-12-8-17(9-13-19)21(25)23(3)4/h6-13,15H,5,14H2,1-4H3,(H,22,24). The third kappa shape index (κ3) is 5.34. The Morgan fingerprint density at radius 3 is 2.19 bits per heavy atom. The largest absolute Gasteiger partial charge is 0.484 e. The summed E-state index contributed by atoms with van der Waals surface area (Å²) in [6, 6.07) is 14.6. The van der Waals surface area contributed by atoms with E-state index in [0.717, 1.165) is 12.1 Å². The van der Waals surface area contributed by atoms with Crippen LogP contribution in [0.25, 0.3) is 0 Å². The lowest BCUT2D eigenvalue weighted by Crippen LogP contribution is -2.22. The van der Waals surface area contributed by atoms with E-state index in [0.29, 0.717) is 17.2 Å². The molecule has 0 saturated heterocycles. The summed E-state index contributed by atoms with van der Waals surface area (Å²) in [5.41, 5.74) is 2.58. The Morgan fingerprint density at radius 2 is 1.65 bits per heavy atom. The molecule has 0 spiro atoms. The molecule has 0 saturated carbocycles. The summed E-state index contributed by atoms with van der Waals surface area (Å²) in [4.78, 5) is 25.4. The van der Waals surface area contributed by atoms with Crippen LogP contribution in [0.1, 0.15) is 42.1 Å². The molecular formula is C21H26N2O3. The molecule has 0 aliphatic carbocycles. The van der Waals surface area contributed by atoms with E-state index in [2.05, 4.69) is 19.2 Å². The quantitative estimate of drug-likeness (QED) is 0.820. The second kappa shape index (κ2) is 9.04. The molecule has 0 bridgehead atoms. The first-order valence-electron chi connectivity index (χ1n) is 8.75. The minimum absolute atomic E-state index is 0.0740. The van der Waals surface area contributed by atoms with Crippen molar-refractivity contribution in [1.82, 2.24) is 4.90 Å². The van der Waals surface area contributed by atoms with E-state index in [-0.39, 0.29) is 18.4 Å². The van der Waals surface area contributed by atoms with E-state index in [9.17, 15) is 9.59 Å². The Labute approximate surface area is 155 Å². The Morgan fingerprint density at radius 1 is 1.04 bits per heavy atom. The first kappa shape index (κ1) is 19.5. The van der Waals surface area contributed by atoms with Gasteiger partial charge in [0.25, 0.3) is 11.8 Å². The van der Waals surface area contributed by atoms with Crippen LogP contribution in [0.15, 0.2) is 48.5 Å². The number of nitrogens with one attached hydrogen (secondary N) is 1. The van der Waals surface area contributed by atoms with Gasteiger partial charge in [-0.25, -0.2) is 0 Å². The lowest BCUT2D eigenvalue weighted by molar-refractivity contribution is -0.118. The maximum Gasteiger partial charge on any atom is 0.262 e. The van der Waals surface area contributed by atoms with Gasteiger partial charge in [-0.1, -0.05) is 26.0 Å². The molecular weight excluding hydrogens is 328 g/mol. The number of anilines is 1. The second-order valence-electron chi connectivity index (χ2n) is 6.49. The number of hydrogen-bond donors (Lipinski definition) is 1. The fourth-order valence-electron chi connectivity index (χ4n) is 2.43. The number of benzene rings is 2. The van der Waals surface area contributed by atoms with Crippen molar-refractivity contribution in [3.05, 3.63) is 59.7 Å². The van der Waals surface area contributed by atoms with Gasteiger partial charge in [0.1, 0.15) is 5.75 Å². The molecule has 0 radical (unpaired) electrons. The molecule has 26 heavy (non-hydrogen) atoms. The van der Waals surface area contributed by atoms with Crippen molar-refractivity contribution in [2.45, 2.75) is 26.2 Å². The second-order valence-corrected chi connectivity index (χ2v) is 6.49. The minimum atomic E-state index is -0.227. The number of nitrogens with zero attached hydrogens (tertiary/aromatic N) is 1. The van der Waals surface area contributed by atoms with Crippen LogP contribution in [0.3, 0.4) is 0 Å². The monoisotopic (exact) mass is 354 g/mol. The minimum Gasteiger partial charge on any atom is -0.484 e. The Kier molecular flexibility index (Phi) is 6.78. The molecule has 2 aromatic rings. The van der Waals surface area contributed by atoms with Crippen LogP contribution in [0.5, 0.6) is 5.75 Å². The van der Waals surface area contributed by atoms with Gasteiger partial charge in [0.15, 0.2) is 6.61 Å². The van der Waals surface area contributed by atoms with E-state index in [1.807, 2.05) is 24.3 Å². The zero-order valence-electron chi connectivity index (χ0n) is 15.8. The van der Waals surface area contributed by atoms with E-state index < -0.39 is 0 Å². The smallest absolute Gasteiger partial charge is 0.262 e. The number of carbonyl (C=O) groups is 2. The zero-order valence-corrected chi connectivity index (χ0v) is 15.8. The average molecular weight is 354 g/mol. The molecule has 0 fully saturated rings. The molecule has 0 aliphatic heterocycles. The maximum atomic E-state index is 12.0. The highest BCUT2D eigenvalue weighted by molar-refractivity contribution is 5.94. The van der Waals surface area contributed by atoms with Crippen LogP contribution < -0.4 is 10.1 Å². The number of amides is 2. The number of ether oxygens (including phenoxy) is 1. The summed E-state index contributed by atoms with van der Waals surface area (Å²) in [7, 11) is 3.40. The third-order valence-electron chi connectivity index (χ3n) is 4.25.